The van der Waals surface area contributed by atoms with Crippen LogP contribution in [-0.4, -0.2) is 64.7 Å². The Kier molecular flexibility index (Phi) is 12.9. The maximum atomic E-state index is 12.7. The van der Waals surface area contributed by atoms with Gasteiger partial charge in [0, 0.05) is 47.6 Å². The van der Waals surface area contributed by atoms with Crippen LogP contribution >= 0.6 is 0 Å². The summed E-state index contributed by atoms with van der Waals surface area (Å²) in [7, 11) is 3.24. The summed E-state index contributed by atoms with van der Waals surface area (Å²) in [4.78, 5) is 41.8. The number of benzene rings is 2. The summed E-state index contributed by atoms with van der Waals surface area (Å²) >= 11 is 0. The summed E-state index contributed by atoms with van der Waals surface area (Å²) in [5, 5.41) is 35.7. The van der Waals surface area contributed by atoms with E-state index < -0.39 is 27.7 Å². The zero-order valence-electron chi connectivity index (χ0n) is 32.1. The van der Waals surface area contributed by atoms with Gasteiger partial charge in [-0.15, -0.1) is 0 Å². The van der Waals surface area contributed by atoms with E-state index in [-0.39, 0.29) is 16.0 Å². The van der Waals surface area contributed by atoms with E-state index in [9.17, 15) is 30.1 Å². The minimum Gasteiger partial charge on any atom is -0.502 e. The van der Waals surface area contributed by atoms with E-state index in [0.717, 1.165) is 28.2 Å². The monoisotopic (exact) mass is 748 g/mol. The Hall–Kier alpha value is -5.74. The molecular formula is C38H48N6O10. The molecule has 290 valence electrons. The van der Waals surface area contributed by atoms with Crippen molar-refractivity contribution in [3.8, 4) is 17.2 Å². The number of H-pyrrole nitrogens is 1. The zero-order valence-corrected chi connectivity index (χ0v) is 32.1. The van der Waals surface area contributed by atoms with Crippen molar-refractivity contribution in [3.63, 3.8) is 0 Å². The molecule has 5 rings (SSSR count). The normalized spacial score (nSPS) is 14.3. The third-order valence-corrected chi connectivity index (χ3v) is 9.26. The Balaban J connectivity index is 0.000000422. The molecule has 0 aliphatic carbocycles. The number of pyridine rings is 2. The van der Waals surface area contributed by atoms with Gasteiger partial charge in [-0.2, -0.15) is 0 Å². The molecule has 16 heteroatoms. The highest BCUT2D eigenvalue weighted by atomic mass is 16.7. The summed E-state index contributed by atoms with van der Waals surface area (Å²) in [6.07, 6.45) is 0. The molecule has 54 heavy (non-hydrogen) atoms. The Morgan fingerprint density at radius 2 is 1.33 bits per heavy atom. The van der Waals surface area contributed by atoms with Crippen molar-refractivity contribution in [1.29, 1.82) is 0 Å². The van der Waals surface area contributed by atoms with Crippen LogP contribution in [0.25, 0.3) is 0 Å². The second-order valence-corrected chi connectivity index (χ2v) is 14.0. The molecule has 2 aromatic carbocycles. The molecule has 0 atom stereocenters. The van der Waals surface area contributed by atoms with E-state index in [1.165, 1.54) is 6.92 Å². The number of hydrogen-bond donors (Lipinski definition) is 3. The average Bonchev–Trinajstić information content (AvgIpc) is 3.13. The van der Waals surface area contributed by atoms with Gasteiger partial charge >= 0.3 is 16.9 Å². The molecule has 1 aliphatic rings. The van der Waals surface area contributed by atoms with Gasteiger partial charge in [-0.1, -0.05) is 31.2 Å². The van der Waals surface area contributed by atoms with Gasteiger partial charge < -0.3 is 39.3 Å². The van der Waals surface area contributed by atoms with Gasteiger partial charge in [-0.25, -0.2) is 4.98 Å². The lowest BCUT2D eigenvalue weighted by atomic mass is 9.91. The molecule has 0 unspecified atom stereocenters. The third-order valence-electron chi connectivity index (χ3n) is 9.26. The van der Waals surface area contributed by atoms with Crippen LogP contribution < -0.4 is 25.2 Å². The molecule has 2 aromatic heterocycles. The summed E-state index contributed by atoms with van der Waals surface area (Å²) in [6, 6.07) is 15.3. The number of nitrogens with zero attached hydrogens (tertiary/aromatic N) is 4. The molecule has 3 N–H and O–H groups in total. The molecule has 1 fully saturated rings. The van der Waals surface area contributed by atoms with Crippen LogP contribution in [0.1, 0.15) is 54.4 Å². The van der Waals surface area contributed by atoms with E-state index in [0.29, 0.717) is 61.3 Å². The first-order valence-electron chi connectivity index (χ1n) is 17.1. The first kappa shape index (κ1) is 41.0. The van der Waals surface area contributed by atoms with Gasteiger partial charge in [0.15, 0.2) is 5.79 Å². The number of anilines is 2. The number of aromatic hydroxyl groups is 1. The molecule has 0 saturated carbocycles. The first-order chi connectivity index (χ1) is 25.4. The SMILES string of the molecule is COc1ccc(CN(Cc2ccc(OC)cc2)c2nc(C)c(C)c(NCC3(C)COC(C)(C)OC3)c2[N+](=O)[O-])cc1.Cc1[nH]c(=O)c([N+](=O)[O-])c(O)c1C. The topological polar surface area (TPSA) is 204 Å². The van der Waals surface area contributed by atoms with E-state index in [4.69, 9.17) is 23.9 Å². The van der Waals surface area contributed by atoms with Crippen LogP contribution in [0.15, 0.2) is 53.3 Å². The summed E-state index contributed by atoms with van der Waals surface area (Å²) in [5.41, 5.74) is 2.47. The van der Waals surface area contributed by atoms with Crippen LogP contribution in [0.2, 0.25) is 0 Å². The maximum Gasteiger partial charge on any atom is 0.375 e. The van der Waals surface area contributed by atoms with Crippen molar-refractivity contribution in [1.82, 2.24) is 9.97 Å². The number of methoxy groups -OCH3 is 2. The maximum absolute atomic E-state index is 12.7. The summed E-state index contributed by atoms with van der Waals surface area (Å²) in [6.45, 7) is 14.8. The predicted molar refractivity (Wildman–Crippen MR) is 204 cm³/mol. The van der Waals surface area contributed by atoms with E-state index >= 15 is 0 Å². The molecule has 0 bridgehead atoms. The van der Waals surface area contributed by atoms with Crippen LogP contribution in [0.4, 0.5) is 22.9 Å². The highest BCUT2D eigenvalue weighted by Gasteiger charge is 2.38. The van der Waals surface area contributed by atoms with Gasteiger partial charge in [0.1, 0.15) is 17.2 Å². The summed E-state index contributed by atoms with van der Waals surface area (Å²) in [5.74, 6) is 0.570. The predicted octanol–water partition coefficient (Wildman–Crippen LogP) is 6.64. The highest BCUT2D eigenvalue weighted by molar-refractivity contribution is 5.78. The van der Waals surface area contributed by atoms with Gasteiger partial charge in [0.25, 0.3) is 0 Å². The highest BCUT2D eigenvalue weighted by Crippen LogP contribution is 2.40. The van der Waals surface area contributed by atoms with Crippen molar-refractivity contribution >= 4 is 22.9 Å². The van der Waals surface area contributed by atoms with Crippen molar-refractivity contribution in [2.24, 2.45) is 5.41 Å². The van der Waals surface area contributed by atoms with E-state index in [2.05, 4.69) is 10.3 Å². The summed E-state index contributed by atoms with van der Waals surface area (Å²) < 4.78 is 22.4. The Bertz CT molecular complexity index is 1970. The van der Waals surface area contributed by atoms with Gasteiger partial charge in [0.2, 0.25) is 11.6 Å². The van der Waals surface area contributed by atoms with Crippen molar-refractivity contribution in [2.45, 2.75) is 67.3 Å². The molecule has 3 heterocycles. The quantitative estimate of drug-likeness (QED) is 0.103. The lowest BCUT2D eigenvalue weighted by Gasteiger charge is -2.41. The number of nitrogens with one attached hydrogen (secondary N) is 2. The van der Waals surface area contributed by atoms with Gasteiger partial charge in [-0.3, -0.25) is 25.0 Å². The van der Waals surface area contributed by atoms with Crippen LogP contribution in [-0.2, 0) is 22.6 Å². The smallest absolute Gasteiger partial charge is 0.375 e. The number of aromatic nitrogens is 2. The van der Waals surface area contributed by atoms with Gasteiger partial charge in [0.05, 0.1) is 37.3 Å². The van der Waals surface area contributed by atoms with E-state index in [1.54, 1.807) is 21.1 Å². The zero-order chi connectivity index (χ0) is 40.0. The number of aromatic amines is 1. The molecule has 1 saturated heterocycles. The Labute approximate surface area is 313 Å². The molecular weight excluding hydrogens is 700 g/mol. The Morgan fingerprint density at radius 1 is 0.852 bits per heavy atom. The van der Waals surface area contributed by atoms with Gasteiger partial charge in [-0.05, 0) is 76.9 Å². The molecule has 0 spiro atoms. The van der Waals surface area contributed by atoms with Crippen molar-refractivity contribution in [2.75, 3.05) is 44.2 Å². The van der Waals surface area contributed by atoms with E-state index in [1.807, 2.05) is 88.0 Å². The fourth-order valence-electron chi connectivity index (χ4n) is 5.62. The lowest BCUT2D eigenvalue weighted by molar-refractivity contribution is -0.387. The number of hydrogen-bond acceptors (Lipinski definition) is 13. The molecule has 1 aliphatic heterocycles. The third kappa shape index (κ3) is 9.81. The van der Waals surface area contributed by atoms with Crippen LogP contribution in [0, 0.1) is 53.3 Å². The Morgan fingerprint density at radius 3 is 1.78 bits per heavy atom. The molecule has 0 radical (unpaired) electrons. The minimum atomic E-state index is -0.902. The van der Waals surface area contributed by atoms with Crippen LogP contribution in [0.5, 0.6) is 17.2 Å². The minimum absolute atomic E-state index is 0.0586. The standard InChI is InChI=1S/C31H40N4O6.C7H8N2O4/c1-21-22(2)33-29(28(35(36)37)27(21)32-18-31(5)19-40-30(3,4)41-20-31)34(16-23-8-12-25(38-6)13-9-23)17-24-10-14-26(39-7)15-11-24;1-3-4(2)8-7(11)5(6(3)10)9(12)13/h8-15H,16-20H2,1-7H3,(H,32,33);1-2H3,(H2,8,10,11). The second-order valence-electron chi connectivity index (χ2n) is 14.0. The second kappa shape index (κ2) is 16.9. The largest absolute Gasteiger partial charge is 0.502 e. The fraction of sp³-hybridized carbons (Fsp3) is 0.421. The van der Waals surface area contributed by atoms with Crippen LogP contribution in [0.3, 0.4) is 0 Å². The average molecular weight is 749 g/mol. The first-order valence-corrected chi connectivity index (χ1v) is 17.1. The number of aryl methyl sites for hydroxylation is 2. The van der Waals surface area contributed by atoms with Crippen molar-refractivity contribution < 1.29 is 33.9 Å². The molecule has 4 aromatic rings. The molecule has 16 nitrogen and oxygen atoms in total. The molecule has 0 amide bonds. The lowest BCUT2D eigenvalue weighted by Crippen LogP contribution is -2.48. The number of rotatable bonds is 12. The number of ether oxygens (including phenoxy) is 4. The fourth-order valence-corrected chi connectivity index (χ4v) is 5.62. The number of nitro groups is 2. The van der Waals surface area contributed by atoms with Crippen molar-refractivity contribution in [3.05, 3.63) is 113 Å².